The standard InChI is InChI=1S/C11H16N2O2S/c14-9-12-8-10(11-2-1-7-16-11)13-3-5-15-6-4-13/h1-2,7,9-10H,3-6,8H2,(H,12,14). The van der Waals surface area contributed by atoms with Gasteiger partial charge in [0.25, 0.3) is 0 Å². The lowest BCUT2D eigenvalue weighted by atomic mass is 10.2. The van der Waals surface area contributed by atoms with E-state index in [1.165, 1.54) is 4.88 Å². The minimum Gasteiger partial charge on any atom is -0.379 e. The van der Waals surface area contributed by atoms with Crippen LogP contribution in [0.15, 0.2) is 17.5 Å². The van der Waals surface area contributed by atoms with Crippen molar-refractivity contribution in [2.45, 2.75) is 6.04 Å². The number of hydrogen-bond donors (Lipinski definition) is 1. The number of amides is 1. The summed E-state index contributed by atoms with van der Waals surface area (Å²) in [6.07, 6.45) is 0.765. The van der Waals surface area contributed by atoms with Crippen LogP contribution in [-0.4, -0.2) is 44.2 Å². The molecule has 1 aromatic rings. The maximum absolute atomic E-state index is 10.4. The fraction of sp³-hybridized carbons (Fsp3) is 0.545. The van der Waals surface area contributed by atoms with Crippen molar-refractivity contribution in [3.05, 3.63) is 22.4 Å². The molecule has 1 amide bonds. The molecule has 4 nitrogen and oxygen atoms in total. The Kier molecular flexibility index (Phi) is 4.33. The Morgan fingerprint density at radius 2 is 2.38 bits per heavy atom. The molecule has 1 aliphatic rings. The van der Waals surface area contributed by atoms with Gasteiger partial charge in [-0.2, -0.15) is 0 Å². The summed E-state index contributed by atoms with van der Waals surface area (Å²) in [4.78, 5) is 14.1. The second kappa shape index (κ2) is 5.98. The van der Waals surface area contributed by atoms with Crippen LogP contribution in [-0.2, 0) is 9.53 Å². The van der Waals surface area contributed by atoms with Crippen molar-refractivity contribution < 1.29 is 9.53 Å². The molecule has 2 heterocycles. The molecule has 5 heteroatoms. The van der Waals surface area contributed by atoms with Crippen LogP contribution in [0.2, 0.25) is 0 Å². The van der Waals surface area contributed by atoms with Gasteiger partial charge in [0.2, 0.25) is 6.41 Å². The number of nitrogens with zero attached hydrogens (tertiary/aromatic N) is 1. The third-order valence-corrected chi connectivity index (χ3v) is 3.73. The second-order valence-electron chi connectivity index (χ2n) is 3.71. The number of thiophene rings is 1. The first-order valence-electron chi connectivity index (χ1n) is 5.44. The quantitative estimate of drug-likeness (QED) is 0.776. The van der Waals surface area contributed by atoms with Gasteiger partial charge >= 0.3 is 0 Å². The zero-order valence-electron chi connectivity index (χ0n) is 9.09. The first-order chi connectivity index (χ1) is 7.92. The molecule has 0 bridgehead atoms. The minimum atomic E-state index is 0.286. The van der Waals surface area contributed by atoms with Crippen molar-refractivity contribution in [2.75, 3.05) is 32.8 Å². The average molecular weight is 240 g/mol. The molecule has 16 heavy (non-hydrogen) atoms. The summed E-state index contributed by atoms with van der Waals surface area (Å²) in [7, 11) is 0. The number of hydrogen-bond acceptors (Lipinski definition) is 4. The predicted molar refractivity (Wildman–Crippen MR) is 63.5 cm³/mol. The summed E-state index contributed by atoms with van der Waals surface area (Å²) in [5.41, 5.74) is 0. The van der Waals surface area contributed by atoms with Crippen LogP contribution >= 0.6 is 11.3 Å². The van der Waals surface area contributed by atoms with Crippen molar-refractivity contribution >= 4 is 17.7 Å². The van der Waals surface area contributed by atoms with Crippen LogP contribution in [0.3, 0.4) is 0 Å². The van der Waals surface area contributed by atoms with Crippen molar-refractivity contribution in [1.29, 1.82) is 0 Å². The summed E-state index contributed by atoms with van der Waals surface area (Å²) < 4.78 is 5.34. The molecule has 1 N–H and O–H groups in total. The van der Waals surface area contributed by atoms with Gasteiger partial charge in [-0.05, 0) is 11.4 Å². The van der Waals surface area contributed by atoms with Crippen molar-refractivity contribution in [2.24, 2.45) is 0 Å². The highest BCUT2D eigenvalue weighted by Crippen LogP contribution is 2.25. The van der Waals surface area contributed by atoms with Gasteiger partial charge in [0.05, 0.1) is 19.3 Å². The minimum absolute atomic E-state index is 0.286. The number of carbonyl (C=O) groups excluding carboxylic acids is 1. The number of carbonyl (C=O) groups is 1. The summed E-state index contributed by atoms with van der Waals surface area (Å²) >= 11 is 1.74. The smallest absolute Gasteiger partial charge is 0.207 e. The molecular weight excluding hydrogens is 224 g/mol. The molecule has 2 rings (SSSR count). The molecule has 0 spiro atoms. The van der Waals surface area contributed by atoms with Crippen molar-refractivity contribution in [3.63, 3.8) is 0 Å². The Labute approximate surface area is 99.2 Å². The van der Waals surface area contributed by atoms with E-state index < -0.39 is 0 Å². The number of morpholine rings is 1. The van der Waals surface area contributed by atoms with E-state index in [0.717, 1.165) is 32.7 Å². The maximum Gasteiger partial charge on any atom is 0.207 e. The first-order valence-corrected chi connectivity index (χ1v) is 6.32. The van der Waals surface area contributed by atoms with Crippen LogP contribution in [0.25, 0.3) is 0 Å². The fourth-order valence-electron chi connectivity index (χ4n) is 1.94. The largest absolute Gasteiger partial charge is 0.379 e. The lowest BCUT2D eigenvalue weighted by Crippen LogP contribution is -2.42. The zero-order valence-corrected chi connectivity index (χ0v) is 9.91. The molecule has 0 aromatic carbocycles. The highest BCUT2D eigenvalue weighted by molar-refractivity contribution is 7.10. The SMILES string of the molecule is O=CNCC(c1cccs1)N1CCOCC1. The molecule has 1 saturated heterocycles. The fourth-order valence-corrected chi connectivity index (χ4v) is 2.80. The Morgan fingerprint density at radius 3 is 3.00 bits per heavy atom. The summed E-state index contributed by atoms with van der Waals surface area (Å²) in [5, 5.41) is 4.85. The molecular formula is C11H16N2O2S. The molecule has 1 aromatic heterocycles. The number of ether oxygens (including phenoxy) is 1. The normalized spacial score (nSPS) is 19.2. The van der Waals surface area contributed by atoms with E-state index in [-0.39, 0.29) is 6.04 Å². The van der Waals surface area contributed by atoms with Gasteiger partial charge in [-0.15, -0.1) is 11.3 Å². The van der Waals surface area contributed by atoms with E-state index in [1.54, 1.807) is 11.3 Å². The van der Waals surface area contributed by atoms with E-state index in [2.05, 4.69) is 21.7 Å². The van der Waals surface area contributed by atoms with Crippen LogP contribution in [0.1, 0.15) is 10.9 Å². The van der Waals surface area contributed by atoms with Gasteiger partial charge in [0.1, 0.15) is 0 Å². The van der Waals surface area contributed by atoms with Crippen LogP contribution < -0.4 is 5.32 Å². The van der Waals surface area contributed by atoms with Gasteiger partial charge in [-0.1, -0.05) is 6.07 Å². The van der Waals surface area contributed by atoms with Gasteiger partial charge in [-0.3, -0.25) is 9.69 Å². The van der Waals surface area contributed by atoms with Crippen LogP contribution in [0.4, 0.5) is 0 Å². The highest BCUT2D eigenvalue weighted by atomic mass is 32.1. The van der Waals surface area contributed by atoms with Crippen molar-refractivity contribution in [3.8, 4) is 0 Å². The Hall–Kier alpha value is -0.910. The third kappa shape index (κ3) is 2.81. The van der Waals surface area contributed by atoms with Gasteiger partial charge in [0.15, 0.2) is 0 Å². The average Bonchev–Trinajstić information content (AvgIpc) is 2.85. The molecule has 0 aliphatic carbocycles. The zero-order chi connectivity index (χ0) is 11.2. The van der Waals surface area contributed by atoms with Gasteiger partial charge < -0.3 is 10.1 Å². The lowest BCUT2D eigenvalue weighted by Gasteiger charge is -2.33. The molecule has 1 atom stereocenters. The molecule has 1 aliphatic heterocycles. The molecule has 1 unspecified atom stereocenters. The van der Waals surface area contributed by atoms with E-state index in [1.807, 2.05) is 6.07 Å². The highest BCUT2D eigenvalue weighted by Gasteiger charge is 2.22. The van der Waals surface area contributed by atoms with Crippen molar-refractivity contribution in [1.82, 2.24) is 10.2 Å². The Bertz CT molecular complexity index is 310. The predicted octanol–water partition coefficient (Wildman–Crippen LogP) is 0.867. The Balaban J connectivity index is 2.03. The van der Waals surface area contributed by atoms with Gasteiger partial charge in [-0.25, -0.2) is 0 Å². The Morgan fingerprint density at radius 1 is 1.56 bits per heavy atom. The molecule has 0 saturated carbocycles. The number of nitrogens with one attached hydrogen (secondary N) is 1. The summed E-state index contributed by atoms with van der Waals surface area (Å²) in [6.45, 7) is 4.10. The van der Waals surface area contributed by atoms with Gasteiger partial charge in [0, 0.05) is 24.5 Å². The summed E-state index contributed by atoms with van der Waals surface area (Å²) in [5.74, 6) is 0. The maximum atomic E-state index is 10.4. The summed E-state index contributed by atoms with van der Waals surface area (Å²) in [6, 6.07) is 4.46. The topological polar surface area (TPSA) is 41.6 Å². The van der Waals surface area contributed by atoms with Crippen LogP contribution in [0.5, 0.6) is 0 Å². The van der Waals surface area contributed by atoms with E-state index in [4.69, 9.17) is 4.74 Å². The molecule has 0 radical (unpaired) electrons. The first kappa shape index (κ1) is 11.6. The van der Waals surface area contributed by atoms with Crippen LogP contribution in [0, 0.1) is 0 Å². The third-order valence-electron chi connectivity index (χ3n) is 2.75. The number of rotatable bonds is 5. The van der Waals surface area contributed by atoms with E-state index >= 15 is 0 Å². The monoisotopic (exact) mass is 240 g/mol. The van der Waals surface area contributed by atoms with E-state index in [0.29, 0.717) is 6.54 Å². The molecule has 1 fully saturated rings. The lowest BCUT2D eigenvalue weighted by molar-refractivity contribution is -0.109. The van der Waals surface area contributed by atoms with E-state index in [9.17, 15) is 4.79 Å². The molecule has 88 valence electrons. The second-order valence-corrected chi connectivity index (χ2v) is 4.68.